The first-order valence-electron chi connectivity index (χ1n) is 6.39. The number of carbonyl (C=O) groups is 2. The van der Waals surface area contributed by atoms with E-state index in [1.165, 1.54) is 6.08 Å². The molecule has 0 atom stereocenters. The van der Waals surface area contributed by atoms with E-state index in [0.29, 0.717) is 19.6 Å². The molecule has 0 spiro atoms. The summed E-state index contributed by atoms with van der Waals surface area (Å²) in [7, 11) is 0. The van der Waals surface area contributed by atoms with Gasteiger partial charge in [0.25, 0.3) is 11.1 Å². The molecule has 1 aliphatic rings. The van der Waals surface area contributed by atoms with Crippen molar-refractivity contribution in [3.05, 3.63) is 44.2 Å². The number of terminal acetylenes is 1. The number of nitrogens with zero attached hydrogens (tertiary/aromatic N) is 1. The lowest BCUT2D eigenvalue weighted by atomic mass is 10.2. The summed E-state index contributed by atoms with van der Waals surface area (Å²) in [5.41, 5.74) is 0.751. The fourth-order valence-corrected chi connectivity index (χ4v) is 4.15. The zero-order chi connectivity index (χ0) is 17.0. The van der Waals surface area contributed by atoms with Gasteiger partial charge in [0.05, 0.1) is 13.9 Å². The molecule has 0 unspecified atom stereocenters. The van der Waals surface area contributed by atoms with Crippen LogP contribution in [0.15, 0.2) is 38.6 Å². The van der Waals surface area contributed by atoms with Crippen LogP contribution in [0.4, 0.5) is 4.79 Å². The lowest BCUT2D eigenvalue weighted by Gasteiger charge is -2.09. The molecule has 0 aliphatic carbocycles. The molecule has 7 heteroatoms. The normalized spacial score (nSPS) is 15.9. The minimum atomic E-state index is -0.320. The molecule has 2 amide bonds. The molecule has 1 aliphatic heterocycles. The van der Waals surface area contributed by atoms with Crippen LogP contribution in [0.2, 0.25) is 0 Å². The Morgan fingerprint density at radius 3 is 2.57 bits per heavy atom. The number of benzene rings is 1. The summed E-state index contributed by atoms with van der Waals surface area (Å²) < 4.78 is 6.82. The van der Waals surface area contributed by atoms with E-state index in [4.69, 9.17) is 11.2 Å². The third-order valence-corrected chi connectivity index (χ3v) is 4.89. The van der Waals surface area contributed by atoms with E-state index in [1.807, 2.05) is 0 Å². The molecule has 0 N–H and O–H groups in total. The van der Waals surface area contributed by atoms with Gasteiger partial charge in [0.1, 0.15) is 12.4 Å². The topological polar surface area (TPSA) is 46.6 Å². The van der Waals surface area contributed by atoms with E-state index in [1.54, 1.807) is 18.2 Å². The summed E-state index contributed by atoms with van der Waals surface area (Å²) in [5.74, 6) is 2.66. The minimum absolute atomic E-state index is 0.150. The Hall–Kier alpha value is -1.49. The molecule has 0 bridgehead atoms. The molecule has 1 saturated heterocycles. The summed E-state index contributed by atoms with van der Waals surface area (Å²) >= 11 is 7.72. The van der Waals surface area contributed by atoms with Crippen LogP contribution in [0.25, 0.3) is 6.08 Å². The highest BCUT2D eigenvalue weighted by atomic mass is 79.9. The fraction of sp³-hybridized carbons (Fsp3) is 0.125. The van der Waals surface area contributed by atoms with Crippen LogP contribution in [0.5, 0.6) is 5.75 Å². The summed E-state index contributed by atoms with van der Waals surface area (Å²) in [5, 5.41) is -0.298. The second kappa shape index (κ2) is 7.86. The Morgan fingerprint density at radius 1 is 1.35 bits per heavy atom. The van der Waals surface area contributed by atoms with Crippen LogP contribution in [0, 0.1) is 12.3 Å². The number of imide groups is 1. The molecule has 23 heavy (non-hydrogen) atoms. The van der Waals surface area contributed by atoms with Crippen molar-refractivity contribution < 1.29 is 14.3 Å². The first-order valence-corrected chi connectivity index (χ1v) is 8.79. The number of hydrogen-bond donors (Lipinski definition) is 0. The van der Waals surface area contributed by atoms with Crippen molar-refractivity contribution in [1.82, 2.24) is 4.90 Å². The smallest absolute Gasteiger partial charge is 0.293 e. The molecule has 0 saturated carbocycles. The van der Waals surface area contributed by atoms with Gasteiger partial charge in [-0.3, -0.25) is 14.5 Å². The van der Waals surface area contributed by atoms with Crippen molar-refractivity contribution in [1.29, 1.82) is 0 Å². The van der Waals surface area contributed by atoms with Crippen LogP contribution in [-0.4, -0.2) is 29.2 Å². The van der Waals surface area contributed by atoms with E-state index in [0.717, 1.165) is 22.2 Å². The van der Waals surface area contributed by atoms with Crippen LogP contribution in [0.3, 0.4) is 0 Å². The molecule has 0 aromatic heterocycles. The molecule has 1 fully saturated rings. The van der Waals surface area contributed by atoms with Crippen molar-refractivity contribution in [2.24, 2.45) is 0 Å². The molecule has 2 rings (SSSR count). The lowest BCUT2D eigenvalue weighted by molar-refractivity contribution is -0.122. The van der Waals surface area contributed by atoms with Gasteiger partial charge in [0.2, 0.25) is 0 Å². The predicted molar refractivity (Wildman–Crippen MR) is 99.0 cm³/mol. The van der Waals surface area contributed by atoms with Crippen molar-refractivity contribution >= 4 is 60.8 Å². The van der Waals surface area contributed by atoms with E-state index in [-0.39, 0.29) is 24.3 Å². The van der Waals surface area contributed by atoms with Crippen LogP contribution >= 0.6 is 43.6 Å². The average Bonchev–Trinajstić information content (AvgIpc) is 2.74. The Morgan fingerprint density at radius 2 is 2.00 bits per heavy atom. The Bertz CT molecular complexity index is 729. The van der Waals surface area contributed by atoms with Gasteiger partial charge in [0, 0.05) is 6.54 Å². The summed E-state index contributed by atoms with van der Waals surface area (Å²) in [6.45, 7) is 3.90. The molecule has 1 aromatic rings. The van der Waals surface area contributed by atoms with E-state index in [9.17, 15) is 9.59 Å². The Labute approximate surface area is 155 Å². The number of hydrogen-bond acceptors (Lipinski definition) is 4. The highest BCUT2D eigenvalue weighted by molar-refractivity contribution is 9.11. The zero-order valence-corrected chi connectivity index (χ0v) is 15.8. The standard InChI is InChI=1S/C16H11Br2NO3S/c1-3-5-19-15(20)13(23-16(19)21)9-10-7-11(17)14(12(18)8-10)22-6-4-2/h2-3,7-9H,1,5-6H2/b13-9+. The SMILES string of the molecule is C#CCOc1c(Br)cc(/C=C2/SC(=O)N(CC=C)C2=O)cc1Br. The lowest BCUT2D eigenvalue weighted by Crippen LogP contribution is -2.27. The molecule has 118 valence electrons. The molecule has 1 heterocycles. The number of thioether (sulfide) groups is 1. The molecule has 1 aromatic carbocycles. The quantitative estimate of drug-likeness (QED) is 0.373. The van der Waals surface area contributed by atoms with Gasteiger partial charge < -0.3 is 4.74 Å². The van der Waals surface area contributed by atoms with Gasteiger partial charge in [-0.05, 0) is 67.4 Å². The first-order chi connectivity index (χ1) is 11.0. The number of amides is 2. The third kappa shape index (κ3) is 4.08. The first kappa shape index (κ1) is 17.9. The van der Waals surface area contributed by atoms with Gasteiger partial charge in [-0.25, -0.2) is 0 Å². The van der Waals surface area contributed by atoms with Gasteiger partial charge in [0.15, 0.2) is 0 Å². The van der Waals surface area contributed by atoms with Gasteiger partial charge in [-0.15, -0.1) is 13.0 Å². The highest BCUT2D eigenvalue weighted by Crippen LogP contribution is 2.37. The third-order valence-electron chi connectivity index (χ3n) is 2.80. The largest absolute Gasteiger partial charge is 0.479 e. The van der Waals surface area contributed by atoms with Crippen molar-refractivity contribution in [3.63, 3.8) is 0 Å². The highest BCUT2D eigenvalue weighted by Gasteiger charge is 2.34. The van der Waals surface area contributed by atoms with Gasteiger partial charge >= 0.3 is 0 Å². The maximum absolute atomic E-state index is 12.2. The second-order valence-corrected chi connectivity index (χ2v) is 7.09. The maximum Gasteiger partial charge on any atom is 0.293 e. The summed E-state index contributed by atoms with van der Waals surface area (Å²) in [6.07, 6.45) is 8.36. The number of carbonyl (C=O) groups excluding carboxylic acids is 2. The van der Waals surface area contributed by atoms with Crippen LogP contribution in [0.1, 0.15) is 5.56 Å². The van der Waals surface area contributed by atoms with Crippen molar-refractivity contribution in [2.75, 3.05) is 13.2 Å². The van der Waals surface area contributed by atoms with Gasteiger partial charge in [-0.2, -0.15) is 0 Å². The average molecular weight is 457 g/mol. The number of halogens is 2. The summed E-state index contributed by atoms with van der Waals surface area (Å²) in [6, 6.07) is 3.58. The van der Waals surface area contributed by atoms with Crippen molar-refractivity contribution in [3.8, 4) is 18.1 Å². The van der Waals surface area contributed by atoms with E-state index < -0.39 is 0 Å². The summed E-state index contributed by atoms with van der Waals surface area (Å²) in [4.78, 5) is 25.5. The fourth-order valence-electron chi connectivity index (χ4n) is 1.85. The Kier molecular flexibility index (Phi) is 6.10. The second-order valence-electron chi connectivity index (χ2n) is 4.39. The Balaban J connectivity index is 2.30. The predicted octanol–water partition coefficient (Wildman–Crippen LogP) is 4.45. The van der Waals surface area contributed by atoms with Crippen LogP contribution < -0.4 is 4.74 Å². The molecule has 4 nitrogen and oxygen atoms in total. The molecule has 0 radical (unpaired) electrons. The van der Waals surface area contributed by atoms with Crippen LogP contribution in [-0.2, 0) is 4.79 Å². The molecular formula is C16H11Br2NO3S. The van der Waals surface area contributed by atoms with E-state index in [2.05, 4.69) is 44.4 Å². The number of rotatable bonds is 5. The maximum atomic E-state index is 12.2. The number of ether oxygens (including phenoxy) is 1. The zero-order valence-electron chi connectivity index (χ0n) is 11.8. The monoisotopic (exact) mass is 455 g/mol. The van der Waals surface area contributed by atoms with Crippen molar-refractivity contribution in [2.45, 2.75) is 0 Å². The molecular weight excluding hydrogens is 446 g/mol. The van der Waals surface area contributed by atoms with E-state index >= 15 is 0 Å². The van der Waals surface area contributed by atoms with Gasteiger partial charge in [-0.1, -0.05) is 12.0 Å². The minimum Gasteiger partial charge on any atom is -0.479 e.